The zero-order valence-corrected chi connectivity index (χ0v) is 17.4. The fourth-order valence-electron chi connectivity index (χ4n) is 4.27. The zero-order chi connectivity index (χ0) is 20.1. The van der Waals surface area contributed by atoms with Crippen LogP contribution >= 0.6 is 11.8 Å². The van der Waals surface area contributed by atoms with Crippen LogP contribution in [0.25, 0.3) is 16.6 Å². The van der Waals surface area contributed by atoms with E-state index in [4.69, 9.17) is 0 Å². The molecule has 0 bridgehead atoms. The van der Waals surface area contributed by atoms with Crippen molar-refractivity contribution < 1.29 is 0 Å². The van der Waals surface area contributed by atoms with Crippen molar-refractivity contribution >= 4 is 34.5 Å². The Bertz CT molecular complexity index is 1340. The van der Waals surface area contributed by atoms with Crippen LogP contribution < -0.4 is 4.90 Å². The third-order valence-corrected chi connectivity index (χ3v) is 6.76. The van der Waals surface area contributed by atoms with Crippen molar-refractivity contribution in [3.05, 3.63) is 109 Å². The molecular weight excluding hydrogens is 384 g/mol. The minimum absolute atomic E-state index is 1.18. The molecule has 2 nitrogen and oxygen atoms in total. The quantitative estimate of drug-likeness (QED) is 0.290. The van der Waals surface area contributed by atoms with Gasteiger partial charge in [-0.15, -0.1) is 0 Å². The normalized spacial score (nSPS) is 12.6. The van der Waals surface area contributed by atoms with Crippen molar-refractivity contribution in [3.63, 3.8) is 0 Å². The average Bonchev–Trinajstić information content (AvgIpc) is 3.16. The van der Waals surface area contributed by atoms with Gasteiger partial charge in [0, 0.05) is 27.1 Å². The topological polar surface area (TPSA) is 7.65 Å². The number of nitrogens with zero attached hydrogens (tertiary/aromatic N) is 2. The summed E-state index contributed by atoms with van der Waals surface area (Å²) in [6, 6.07) is 34.8. The van der Waals surface area contributed by atoms with Crippen molar-refractivity contribution in [2.24, 2.45) is 0 Å². The molecule has 3 aromatic carbocycles. The van der Waals surface area contributed by atoms with Crippen molar-refractivity contribution in [2.75, 3.05) is 4.90 Å². The Balaban J connectivity index is 1.72. The van der Waals surface area contributed by atoms with E-state index in [0.29, 0.717) is 0 Å². The fourth-order valence-corrected chi connectivity index (χ4v) is 5.32. The molecule has 3 heterocycles. The molecule has 2 aromatic heterocycles. The molecular formula is C27H20N2S. The molecule has 0 saturated carbocycles. The highest BCUT2D eigenvalue weighted by molar-refractivity contribution is 7.99. The molecule has 0 saturated heterocycles. The lowest BCUT2D eigenvalue weighted by Crippen LogP contribution is -2.17. The van der Waals surface area contributed by atoms with Gasteiger partial charge in [-0.1, -0.05) is 66.4 Å². The SMILES string of the molecule is Cc1ccn2c(N3c4ccccc4Sc4ccccc43)c(-c3ccccc3)cc2c1. The van der Waals surface area contributed by atoms with Gasteiger partial charge < -0.3 is 4.40 Å². The number of rotatable bonds is 2. The lowest BCUT2D eigenvalue weighted by Gasteiger charge is -2.33. The van der Waals surface area contributed by atoms with Gasteiger partial charge in [0.15, 0.2) is 0 Å². The molecule has 0 amide bonds. The number of hydrogen-bond donors (Lipinski definition) is 0. The second kappa shape index (κ2) is 6.82. The number of aromatic nitrogens is 1. The number of para-hydroxylation sites is 2. The van der Waals surface area contributed by atoms with Gasteiger partial charge in [0.2, 0.25) is 0 Å². The number of anilines is 3. The van der Waals surface area contributed by atoms with Gasteiger partial charge in [-0.05, 0) is 60.5 Å². The van der Waals surface area contributed by atoms with Crippen molar-refractivity contribution in [2.45, 2.75) is 16.7 Å². The molecule has 0 atom stereocenters. The summed E-state index contributed by atoms with van der Waals surface area (Å²) in [6.07, 6.45) is 2.19. The number of hydrogen-bond acceptors (Lipinski definition) is 2. The Hall–Kier alpha value is -3.43. The molecule has 0 unspecified atom stereocenters. The van der Waals surface area contributed by atoms with Crippen LogP contribution in [0.15, 0.2) is 113 Å². The first kappa shape index (κ1) is 17.4. The smallest absolute Gasteiger partial charge is 0.130 e. The molecule has 1 aliphatic rings. The van der Waals surface area contributed by atoms with E-state index >= 15 is 0 Å². The van der Waals surface area contributed by atoms with E-state index < -0.39 is 0 Å². The number of pyridine rings is 1. The Kier molecular flexibility index (Phi) is 3.96. The van der Waals surface area contributed by atoms with Crippen LogP contribution in [0.4, 0.5) is 17.2 Å². The van der Waals surface area contributed by atoms with Crippen LogP contribution in [0.3, 0.4) is 0 Å². The maximum atomic E-state index is 2.42. The van der Waals surface area contributed by atoms with Gasteiger partial charge >= 0.3 is 0 Å². The molecule has 0 fully saturated rings. The summed E-state index contributed by atoms with van der Waals surface area (Å²) in [5.74, 6) is 1.18. The van der Waals surface area contributed by atoms with Crippen LogP contribution in [-0.2, 0) is 0 Å². The third kappa shape index (κ3) is 2.66. The predicted octanol–water partition coefficient (Wildman–Crippen LogP) is 7.85. The van der Waals surface area contributed by atoms with Gasteiger partial charge in [-0.25, -0.2) is 0 Å². The van der Waals surface area contributed by atoms with E-state index in [1.54, 1.807) is 0 Å². The Morgan fingerprint density at radius 3 is 2.00 bits per heavy atom. The van der Waals surface area contributed by atoms with E-state index in [0.717, 1.165) is 0 Å². The molecule has 0 radical (unpaired) electrons. The maximum Gasteiger partial charge on any atom is 0.130 e. The summed E-state index contributed by atoms with van der Waals surface area (Å²) in [4.78, 5) is 4.97. The monoisotopic (exact) mass is 404 g/mol. The van der Waals surface area contributed by atoms with E-state index in [1.165, 1.54) is 49.2 Å². The van der Waals surface area contributed by atoms with E-state index in [-0.39, 0.29) is 0 Å². The highest BCUT2D eigenvalue weighted by Gasteiger charge is 2.28. The first-order valence-electron chi connectivity index (χ1n) is 10.1. The first-order chi connectivity index (χ1) is 14.8. The average molecular weight is 405 g/mol. The van der Waals surface area contributed by atoms with E-state index in [1.807, 2.05) is 11.8 Å². The summed E-state index contributed by atoms with van der Waals surface area (Å²) in [6.45, 7) is 2.15. The van der Waals surface area contributed by atoms with Crippen LogP contribution in [0.5, 0.6) is 0 Å². The van der Waals surface area contributed by atoms with Crippen LogP contribution in [0.1, 0.15) is 5.56 Å². The molecule has 1 aliphatic heterocycles. The van der Waals surface area contributed by atoms with E-state index in [2.05, 4.69) is 119 Å². The van der Waals surface area contributed by atoms with Crippen LogP contribution in [0.2, 0.25) is 0 Å². The van der Waals surface area contributed by atoms with Gasteiger partial charge in [-0.2, -0.15) is 0 Å². The van der Waals surface area contributed by atoms with Crippen molar-refractivity contribution in [1.29, 1.82) is 0 Å². The summed E-state index contributed by atoms with van der Waals surface area (Å²) in [7, 11) is 0. The van der Waals surface area contributed by atoms with E-state index in [9.17, 15) is 0 Å². The predicted molar refractivity (Wildman–Crippen MR) is 126 cm³/mol. The molecule has 5 aromatic rings. The number of benzene rings is 3. The molecule has 0 N–H and O–H groups in total. The fraction of sp³-hybridized carbons (Fsp3) is 0.0370. The molecule has 0 spiro atoms. The van der Waals surface area contributed by atoms with Crippen molar-refractivity contribution in [1.82, 2.24) is 4.40 Å². The zero-order valence-electron chi connectivity index (χ0n) is 16.6. The van der Waals surface area contributed by atoms with Crippen LogP contribution in [0, 0.1) is 6.92 Å². The summed E-state index contributed by atoms with van der Waals surface area (Å²) in [5, 5.41) is 0. The van der Waals surface area contributed by atoms with Crippen molar-refractivity contribution in [3.8, 4) is 11.1 Å². The standard InChI is InChI=1S/C27H20N2S/c1-19-15-16-28-21(17-19)18-22(20-9-3-2-4-10-20)27(28)29-23-11-5-7-13-25(23)30-26-14-8-6-12-24(26)29/h2-18H,1H3. The Labute approximate surface area is 180 Å². The summed E-state index contributed by atoms with van der Waals surface area (Å²) < 4.78 is 2.32. The highest BCUT2D eigenvalue weighted by atomic mass is 32.2. The minimum Gasteiger partial charge on any atom is -0.302 e. The maximum absolute atomic E-state index is 2.42. The molecule has 3 heteroatoms. The highest BCUT2D eigenvalue weighted by Crippen LogP contribution is 2.53. The third-order valence-electron chi connectivity index (χ3n) is 5.63. The second-order valence-electron chi connectivity index (χ2n) is 7.62. The van der Waals surface area contributed by atoms with Gasteiger partial charge in [-0.3, -0.25) is 4.90 Å². The largest absolute Gasteiger partial charge is 0.302 e. The Morgan fingerprint density at radius 1 is 0.667 bits per heavy atom. The Morgan fingerprint density at radius 2 is 1.30 bits per heavy atom. The lowest BCUT2D eigenvalue weighted by molar-refractivity contribution is 1.08. The molecule has 30 heavy (non-hydrogen) atoms. The number of aryl methyl sites for hydroxylation is 1. The number of fused-ring (bicyclic) bond motifs is 3. The van der Waals surface area contributed by atoms with Gasteiger partial charge in [0.05, 0.1) is 11.4 Å². The summed E-state index contributed by atoms with van der Waals surface area (Å²) >= 11 is 1.84. The first-order valence-corrected chi connectivity index (χ1v) is 10.9. The van der Waals surface area contributed by atoms with Crippen LogP contribution in [-0.4, -0.2) is 4.40 Å². The lowest BCUT2D eigenvalue weighted by atomic mass is 10.1. The molecule has 0 aliphatic carbocycles. The summed E-state index contributed by atoms with van der Waals surface area (Å²) in [5.41, 5.74) is 7.37. The second-order valence-corrected chi connectivity index (χ2v) is 8.70. The van der Waals surface area contributed by atoms with Gasteiger partial charge in [0.25, 0.3) is 0 Å². The van der Waals surface area contributed by atoms with Gasteiger partial charge in [0.1, 0.15) is 5.82 Å². The minimum atomic E-state index is 1.18. The molecule has 144 valence electrons. The molecule has 6 rings (SSSR count).